The molecule has 0 spiro atoms. The van der Waals surface area contributed by atoms with E-state index in [1.807, 2.05) is 73.7 Å². The Morgan fingerprint density at radius 3 is 2.28 bits per heavy atom. The first-order valence-corrected chi connectivity index (χ1v) is 14.3. The molecule has 0 saturated carbocycles. The third kappa shape index (κ3) is 9.03. The van der Waals surface area contributed by atoms with Gasteiger partial charge < -0.3 is 25.2 Å². The lowest BCUT2D eigenvalue weighted by molar-refractivity contribution is -0.142. The summed E-state index contributed by atoms with van der Waals surface area (Å²) >= 11 is 0. The van der Waals surface area contributed by atoms with E-state index in [4.69, 9.17) is 9.26 Å². The summed E-state index contributed by atoms with van der Waals surface area (Å²) in [5.41, 5.74) is 4.55. The van der Waals surface area contributed by atoms with E-state index >= 15 is 0 Å². The van der Waals surface area contributed by atoms with Gasteiger partial charge in [-0.2, -0.15) is 0 Å². The summed E-state index contributed by atoms with van der Waals surface area (Å²) in [5.74, 6) is -0.231. The van der Waals surface area contributed by atoms with E-state index in [9.17, 15) is 14.4 Å². The summed E-state index contributed by atoms with van der Waals surface area (Å²) < 4.78 is 10.6. The van der Waals surface area contributed by atoms with Crippen molar-refractivity contribution in [2.45, 2.75) is 52.0 Å². The molecule has 1 heterocycles. The van der Waals surface area contributed by atoms with Gasteiger partial charge in [-0.1, -0.05) is 79.7 Å². The van der Waals surface area contributed by atoms with Crippen LogP contribution < -0.4 is 16.0 Å². The van der Waals surface area contributed by atoms with Crippen LogP contribution in [0.3, 0.4) is 0 Å². The van der Waals surface area contributed by atoms with Gasteiger partial charge in [-0.25, -0.2) is 4.79 Å². The maximum absolute atomic E-state index is 13.1. The maximum Gasteiger partial charge on any atom is 0.323 e. The van der Waals surface area contributed by atoms with E-state index in [1.54, 1.807) is 18.2 Å². The highest BCUT2D eigenvalue weighted by Crippen LogP contribution is 2.26. The molecule has 0 aliphatic carbocycles. The van der Waals surface area contributed by atoms with Crippen LogP contribution in [0.25, 0.3) is 0 Å². The first-order chi connectivity index (χ1) is 20.7. The number of rotatable bonds is 12. The van der Waals surface area contributed by atoms with Gasteiger partial charge >= 0.3 is 12.0 Å². The monoisotopic (exact) mass is 582 g/mol. The minimum atomic E-state index is -0.531. The maximum atomic E-state index is 13.1. The van der Waals surface area contributed by atoms with Crippen molar-refractivity contribution in [3.63, 3.8) is 0 Å². The molecule has 0 aliphatic heterocycles. The van der Waals surface area contributed by atoms with Crippen molar-refractivity contribution in [2.24, 2.45) is 5.92 Å². The number of nitrogens with one attached hydrogen (secondary N) is 3. The second-order valence-corrected chi connectivity index (χ2v) is 10.9. The lowest BCUT2D eigenvalue weighted by Gasteiger charge is -2.18. The molecule has 224 valence electrons. The molecule has 2 unspecified atom stereocenters. The van der Waals surface area contributed by atoms with Gasteiger partial charge in [0.15, 0.2) is 0 Å². The fourth-order valence-corrected chi connectivity index (χ4v) is 4.81. The van der Waals surface area contributed by atoms with Crippen LogP contribution in [0.15, 0.2) is 89.5 Å². The molecule has 3 amide bonds. The van der Waals surface area contributed by atoms with Crippen molar-refractivity contribution < 1.29 is 23.6 Å². The number of anilines is 2. The smallest absolute Gasteiger partial charge is 0.323 e. The molecule has 43 heavy (non-hydrogen) atoms. The van der Waals surface area contributed by atoms with Gasteiger partial charge in [-0.05, 0) is 54.2 Å². The van der Waals surface area contributed by atoms with Crippen LogP contribution in [-0.4, -0.2) is 30.2 Å². The predicted molar refractivity (Wildman–Crippen MR) is 166 cm³/mol. The largest absolute Gasteiger partial charge is 0.469 e. The molecule has 3 N–H and O–H groups in total. The molecular formula is C34H38N4O5. The standard InChI is InChI=1S/C34H38N4O5/c1-22(2)18-30(31-21-27(43-38-31)20-28(33(40)42-4)25-11-6-5-7-12-25)36-32(39)19-24-14-16-26(17-15-24)35-34(41)37-29-13-9-8-10-23(29)3/h5-17,21-22,28,30H,18-20H2,1-4H3,(H,36,39)(H2,35,37,41). The fraction of sp³-hybridized carbons (Fsp3) is 0.294. The van der Waals surface area contributed by atoms with Crippen LogP contribution in [0.4, 0.5) is 16.2 Å². The lowest BCUT2D eigenvalue weighted by Crippen LogP contribution is -2.31. The molecule has 9 heteroatoms. The minimum Gasteiger partial charge on any atom is -0.469 e. The van der Waals surface area contributed by atoms with Gasteiger partial charge in [-0.15, -0.1) is 0 Å². The SMILES string of the molecule is COC(=O)C(Cc1cc(C(CC(C)C)NC(=O)Cc2ccc(NC(=O)Nc3ccccc3C)cc2)no1)c1ccccc1. The van der Waals surface area contributed by atoms with Crippen LogP contribution in [0, 0.1) is 12.8 Å². The Kier molecular flexibility index (Phi) is 10.7. The minimum absolute atomic E-state index is 0.160. The van der Waals surface area contributed by atoms with E-state index in [-0.39, 0.29) is 42.7 Å². The average molecular weight is 583 g/mol. The van der Waals surface area contributed by atoms with Gasteiger partial charge in [0.05, 0.1) is 25.5 Å². The summed E-state index contributed by atoms with van der Waals surface area (Å²) in [4.78, 5) is 38.0. The van der Waals surface area contributed by atoms with E-state index in [0.29, 0.717) is 23.6 Å². The Labute approximate surface area is 252 Å². The Balaban J connectivity index is 1.37. The number of hydrogen-bond acceptors (Lipinski definition) is 6. The number of benzene rings is 3. The van der Waals surface area contributed by atoms with Crippen LogP contribution >= 0.6 is 0 Å². The molecule has 2 atom stereocenters. The van der Waals surface area contributed by atoms with Crippen LogP contribution in [0.5, 0.6) is 0 Å². The van der Waals surface area contributed by atoms with Gasteiger partial charge in [0.2, 0.25) is 5.91 Å². The second kappa shape index (κ2) is 14.8. The third-order valence-corrected chi connectivity index (χ3v) is 7.04. The van der Waals surface area contributed by atoms with E-state index in [1.165, 1.54) is 7.11 Å². The number of aromatic nitrogens is 1. The number of carbonyl (C=O) groups is 3. The van der Waals surface area contributed by atoms with Crippen LogP contribution in [-0.2, 0) is 27.2 Å². The summed E-state index contributed by atoms with van der Waals surface area (Å²) in [6.45, 7) is 6.07. The van der Waals surface area contributed by atoms with E-state index in [2.05, 4.69) is 35.0 Å². The molecule has 1 aromatic heterocycles. The van der Waals surface area contributed by atoms with Gasteiger partial charge in [0.25, 0.3) is 0 Å². The Morgan fingerprint density at radius 2 is 1.60 bits per heavy atom. The summed E-state index contributed by atoms with van der Waals surface area (Å²) in [6.07, 6.45) is 1.11. The average Bonchev–Trinajstić information content (AvgIpc) is 3.46. The molecule has 0 bridgehead atoms. The molecular weight excluding hydrogens is 544 g/mol. The predicted octanol–water partition coefficient (Wildman–Crippen LogP) is 6.57. The number of amides is 3. The second-order valence-electron chi connectivity index (χ2n) is 10.9. The number of para-hydroxylation sites is 1. The number of esters is 1. The topological polar surface area (TPSA) is 123 Å². The van der Waals surface area contributed by atoms with Crippen molar-refractivity contribution in [1.29, 1.82) is 0 Å². The van der Waals surface area contributed by atoms with Gasteiger partial charge in [0, 0.05) is 23.9 Å². The summed E-state index contributed by atoms with van der Waals surface area (Å²) in [7, 11) is 1.37. The van der Waals surface area contributed by atoms with Crippen molar-refractivity contribution in [3.8, 4) is 0 Å². The number of methoxy groups -OCH3 is 1. The number of urea groups is 1. The molecule has 3 aromatic carbocycles. The zero-order valence-corrected chi connectivity index (χ0v) is 24.9. The van der Waals surface area contributed by atoms with Crippen molar-refractivity contribution in [1.82, 2.24) is 10.5 Å². The zero-order chi connectivity index (χ0) is 30.8. The number of aryl methyl sites for hydroxylation is 1. The highest BCUT2D eigenvalue weighted by molar-refractivity contribution is 6.00. The number of nitrogens with zero attached hydrogens (tertiary/aromatic N) is 1. The van der Waals surface area contributed by atoms with Crippen molar-refractivity contribution >= 4 is 29.3 Å². The highest BCUT2D eigenvalue weighted by atomic mass is 16.5. The first-order valence-electron chi connectivity index (χ1n) is 14.3. The lowest BCUT2D eigenvalue weighted by atomic mass is 9.94. The molecule has 4 aromatic rings. The number of ether oxygens (including phenoxy) is 1. The molecule has 0 fully saturated rings. The molecule has 9 nitrogen and oxygen atoms in total. The Morgan fingerprint density at radius 1 is 0.907 bits per heavy atom. The van der Waals surface area contributed by atoms with Crippen LogP contribution in [0.2, 0.25) is 0 Å². The zero-order valence-electron chi connectivity index (χ0n) is 24.9. The van der Waals surface area contributed by atoms with Gasteiger partial charge in [-0.3, -0.25) is 9.59 Å². The third-order valence-electron chi connectivity index (χ3n) is 7.04. The molecule has 0 saturated heterocycles. The first kappa shape index (κ1) is 31.0. The Hall–Kier alpha value is -4.92. The van der Waals surface area contributed by atoms with Crippen molar-refractivity contribution in [2.75, 3.05) is 17.7 Å². The highest BCUT2D eigenvalue weighted by Gasteiger charge is 2.26. The molecule has 0 radical (unpaired) electrons. The normalized spacial score (nSPS) is 12.3. The van der Waals surface area contributed by atoms with Crippen LogP contribution in [0.1, 0.15) is 60.4 Å². The molecule has 0 aliphatic rings. The summed E-state index contributed by atoms with van der Waals surface area (Å²) in [5, 5.41) is 13.0. The quantitative estimate of drug-likeness (QED) is 0.162. The Bertz CT molecular complexity index is 1520. The van der Waals surface area contributed by atoms with E-state index in [0.717, 1.165) is 22.4 Å². The van der Waals surface area contributed by atoms with Crippen molar-refractivity contribution in [3.05, 3.63) is 113 Å². The summed E-state index contributed by atoms with van der Waals surface area (Å²) in [6, 6.07) is 25.2. The molecule has 4 rings (SSSR count). The van der Waals surface area contributed by atoms with E-state index < -0.39 is 5.92 Å². The fourth-order valence-electron chi connectivity index (χ4n) is 4.81. The van der Waals surface area contributed by atoms with Gasteiger partial charge in [0.1, 0.15) is 11.5 Å². The number of carbonyl (C=O) groups excluding carboxylic acids is 3. The number of hydrogen-bond donors (Lipinski definition) is 3.